The van der Waals surface area contributed by atoms with Gasteiger partial charge in [0.2, 0.25) is 0 Å². The number of carbonyl (C=O) groups is 1. The molecule has 0 aromatic heterocycles. The Morgan fingerprint density at radius 2 is 1.80 bits per heavy atom. The highest BCUT2D eigenvalue weighted by Crippen LogP contribution is 2.27. The van der Waals surface area contributed by atoms with Crippen molar-refractivity contribution in [1.82, 2.24) is 0 Å². The van der Waals surface area contributed by atoms with E-state index in [2.05, 4.69) is 0 Å². The molecule has 1 N–H and O–H groups in total. The summed E-state index contributed by atoms with van der Waals surface area (Å²) in [6.07, 6.45) is 3.23. The normalized spacial score (nSPS) is 33.7. The standard InChI is InChI=1S/C7H11ClO2/c8-6-3-1-5(2-4-6)7(9)10/h5-6H,1-4H2,(H,9,10). The van der Waals surface area contributed by atoms with Gasteiger partial charge >= 0.3 is 5.97 Å². The topological polar surface area (TPSA) is 37.3 Å². The highest BCUT2D eigenvalue weighted by molar-refractivity contribution is 6.20. The lowest BCUT2D eigenvalue weighted by molar-refractivity contribution is -0.142. The van der Waals surface area contributed by atoms with Crippen LogP contribution in [0.1, 0.15) is 25.7 Å². The van der Waals surface area contributed by atoms with Crippen molar-refractivity contribution in [3.05, 3.63) is 0 Å². The number of alkyl halides is 1. The van der Waals surface area contributed by atoms with Crippen molar-refractivity contribution < 1.29 is 9.90 Å². The first-order valence-corrected chi connectivity index (χ1v) is 4.00. The third-order valence-corrected chi connectivity index (χ3v) is 2.44. The van der Waals surface area contributed by atoms with E-state index < -0.39 is 5.97 Å². The highest BCUT2D eigenvalue weighted by Gasteiger charge is 2.24. The third kappa shape index (κ3) is 1.87. The van der Waals surface area contributed by atoms with E-state index in [0.717, 1.165) is 25.7 Å². The van der Waals surface area contributed by atoms with E-state index in [4.69, 9.17) is 16.7 Å². The molecule has 58 valence electrons. The quantitative estimate of drug-likeness (QED) is 0.598. The average Bonchev–Trinajstić information content (AvgIpc) is 1.88. The SMILES string of the molecule is O=C(O)C1CCC(Cl)CC1. The van der Waals surface area contributed by atoms with Crippen molar-refractivity contribution in [3.8, 4) is 0 Å². The molecule has 0 unspecified atom stereocenters. The lowest BCUT2D eigenvalue weighted by Crippen LogP contribution is -2.21. The fourth-order valence-electron chi connectivity index (χ4n) is 1.30. The summed E-state index contributed by atoms with van der Waals surface area (Å²) in [6.45, 7) is 0. The van der Waals surface area contributed by atoms with Crippen molar-refractivity contribution in [2.24, 2.45) is 5.92 Å². The van der Waals surface area contributed by atoms with Crippen LogP contribution < -0.4 is 0 Å². The molecule has 3 heteroatoms. The molecule has 1 rings (SSSR count). The summed E-state index contributed by atoms with van der Waals surface area (Å²) in [5.41, 5.74) is 0. The largest absolute Gasteiger partial charge is 0.481 e. The molecule has 0 aromatic carbocycles. The number of halogens is 1. The van der Waals surface area contributed by atoms with Crippen molar-refractivity contribution in [2.75, 3.05) is 0 Å². The minimum Gasteiger partial charge on any atom is -0.481 e. The third-order valence-electron chi connectivity index (χ3n) is 2.01. The van der Waals surface area contributed by atoms with Gasteiger partial charge < -0.3 is 5.11 Å². The molecule has 0 radical (unpaired) electrons. The number of rotatable bonds is 1. The van der Waals surface area contributed by atoms with Gasteiger partial charge in [0.15, 0.2) is 0 Å². The van der Waals surface area contributed by atoms with Crippen LogP contribution in [0.15, 0.2) is 0 Å². The molecule has 0 spiro atoms. The van der Waals surface area contributed by atoms with Crippen LogP contribution in [0, 0.1) is 5.92 Å². The summed E-state index contributed by atoms with van der Waals surface area (Å²) in [5.74, 6) is -0.793. The van der Waals surface area contributed by atoms with Crippen LogP contribution in [0.2, 0.25) is 0 Å². The molecule has 0 amide bonds. The van der Waals surface area contributed by atoms with Crippen LogP contribution in [0.4, 0.5) is 0 Å². The average molecular weight is 163 g/mol. The second-order valence-corrected chi connectivity index (χ2v) is 3.40. The van der Waals surface area contributed by atoms with E-state index in [-0.39, 0.29) is 11.3 Å². The number of hydrogen-bond acceptors (Lipinski definition) is 1. The van der Waals surface area contributed by atoms with Gasteiger partial charge in [-0.2, -0.15) is 0 Å². The van der Waals surface area contributed by atoms with E-state index in [1.165, 1.54) is 0 Å². The Morgan fingerprint density at radius 1 is 1.30 bits per heavy atom. The lowest BCUT2D eigenvalue weighted by Gasteiger charge is -2.20. The van der Waals surface area contributed by atoms with Gasteiger partial charge in [-0.15, -0.1) is 11.6 Å². The van der Waals surface area contributed by atoms with Gasteiger partial charge in [-0.25, -0.2) is 0 Å². The molecule has 0 aromatic rings. The van der Waals surface area contributed by atoms with Crippen molar-refractivity contribution in [3.63, 3.8) is 0 Å². The molecule has 0 aliphatic heterocycles. The van der Waals surface area contributed by atoms with E-state index in [1.54, 1.807) is 0 Å². The molecule has 0 atom stereocenters. The van der Waals surface area contributed by atoms with Crippen LogP contribution in [0.25, 0.3) is 0 Å². The number of carboxylic acid groups (broad SMARTS) is 1. The molecule has 10 heavy (non-hydrogen) atoms. The Morgan fingerprint density at radius 3 is 2.20 bits per heavy atom. The first-order chi connectivity index (χ1) is 4.70. The maximum atomic E-state index is 10.4. The van der Waals surface area contributed by atoms with E-state index >= 15 is 0 Å². The fourth-order valence-corrected chi connectivity index (χ4v) is 1.55. The van der Waals surface area contributed by atoms with Gasteiger partial charge in [0.05, 0.1) is 5.92 Å². The van der Waals surface area contributed by atoms with E-state index in [0.29, 0.717) is 0 Å². The molecule has 2 nitrogen and oxygen atoms in total. The van der Waals surface area contributed by atoms with Crippen LogP contribution in [0.5, 0.6) is 0 Å². The van der Waals surface area contributed by atoms with Crippen LogP contribution in [0.3, 0.4) is 0 Å². The summed E-state index contributed by atoms with van der Waals surface area (Å²) in [4.78, 5) is 10.4. The molecule has 1 saturated carbocycles. The molecule has 0 heterocycles. The van der Waals surface area contributed by atoms with Gasteiger partial charge in [-0.05, 0) is 25.7 Å². The molecular formula is C7H11ClO2. The van der Waals surface area contributed by atoms with Crippen LogP contribution in [-0.4, -0.2) is 16.5 Å². The first-order valence-electron chi connectivity index (χ1n) is 3.57. The predicted octanol–water partition coefficient (Wildman–Crippen LogP) is 1.87. The zero-order valence-electron chi connectivity index (χ0n) is 5.72. The minimum atomic E-state index is -0.663. The fraction of sp³-hybridized carbons (Fsp3) is 0.857. The van der Waals surface area contributed by atoms with Crippen molar-refractivity contribution in [2.45, 2.75) is 31.1 Å². The molecule has 0 bridgehead atoms. The van der Waals surface area contributed by atoms with Gasteiger partial charge in [0.25, 0.3) is 0 Å². The molecule has 1 aliphatic carbocycles. The predicted molar refractivity (Wildman–Crippen MR) is 39.2 cm³/mol. The Bertz CT molecular complexity index is 128. The van der Waals surface area contributed by atoms with E-state index in [1.807, 2.05) is 0 Å². The highest BCUT2D eigenvalue weighted by atomic mass is 35.5. The van der Waals surface area contributed by atoms with Gasteiger partial charge in [-0.3, -0.25) is 4.79 Å². The van der Waals surface area contributed by atoms with Crippen LogP contribution in [-0.2, 0) is 4.79 Å². The Kier molecular flexibility index (Phi) is 2.55. The summed E-state index contributed by atoms with van der Waals surface area (Å²) >= 11 is 5.79. The molecular weight excluding hydrogens is 152 g/mol. The maximum absolute atomic E-state index is 10.4. The van der Waals surface area contributed by atoms with Crippen LogP contribution >= 0.6 is 11.6 Å². The summed E-state index contributed by atoms with van der Waals surface area (Å²) in [7, 11) is 0. The van der Waals surface area contributed by atoms with Crippen molar-refractivity contribution in [1.29, 1.82) is 0 Å². The lowest BCUT2D eigenvalue weighted by atomic mass is 9.89. The second-order valence-electron chi connectivity index (χ2n) is 2.79. The summed E-state index contributed by atoms with van der Waals surface area (Å²) in [5, 5.41) is 8.80. The van der Waals surface area contributed by atoms with Crippen molar-refractivity contribution >= 4 is 17.6 Å². The molecule has 1 aliphatic rings. The molecule has 0 saturated heterocycles. The number of aliphatic carboxylic acids is 1. The smallest absolute Gasteiger partial charge is 0.306 e. The Hall–Kier alpha value is -0.240. The summed E-state index contributed by atoms with van der Waals surface area (Å²) < 4.78 is 0. The van der Waals surface area contributed by atoms with Gasteiger partial charge in [0, 0.05) is 5.38 Å². The Balaban J connectivity index is 2.33. The zero-order valence-corrected chi connectivity index (χ0v) is 6.47. The second kappa shape index (κ2) is 3.24. The van der Waals surface area contributed by atoms with Gasteiger partial charge in [0.1, 0.15) is 0 Å². The monoisotopic (exact) mass is 162 g/mol. The zero-order chi connectivity index (χ0) is 7.56. The Labute approximate surface area is 65.2 Å². The first kappa shape index (κ1) is 7.86. The summed E-state index contributed by atoms with van der Waals surface area (Å²) in [6, 6.07) is 0. The van der Waals surface area contributed by atoms with E-state index in [9.17, 15) is 4.79 Å². The minimum absolute atomic E-state index is 0.130. The van der Waals surface area contributed by atoms with Gasteiger partial charge in [-0.1, -0.05) is 0 Å². The molecule has 1 fully saturated rings. The maximum Gasteiger partial charge on any atom is 0.306 e. The number of carboxylic acids is 1. The number of hydrogen-bond donors (Lipinski definition) is 1.